The molecular weight excluding hydrogens is 276 g/mol. The number of rotatable bonds is 8. The lowest BCUT2D eigenvalue weighted by atomic mass is 10.1. The first-order valence-corrected chi connectivity index (χ1v) is 7.90. The Kier molecular flexibility index (Phi) is 4.96. The first kappa shape index (κ1) is 14.9. The Morgan fingerprint density at radius 3 is 2.41 bits per heavy atom. The van der Waals surface area contributed by atoms with E-state index in [1.165, 1.54) is 5.56 Å². The molecule has 0 saturated carbocycles. The third kappa shape index (κ3) is 4.01. The summed E-state index contributed by atoms with van der Waals surface area (Å²) in [5.41, 5.74) is 2.32. The highest BCUT2D eigenvalue weighted by molar-refractivity contribution is 5.45. The summed E-state index contributed by atoms with van der Waals surface area (Å²) >= 11 is 0. The van der Waals surface area contributed by atoms with Crippen LogP contribution in [0.4, 0.5) is 0 Å². The first-order chi connectivity index (χ1) is 10.9. The number of ether oxygens (including phenoxy) is 3. The summed E-state index contributed by atoms with van der Waals surface area (Å²) in [5, 5.41) is 0. The van der Waals surface area contributed by atoms with Crippen LogP contribution in [0.5, 0.6) is 11.5 Å². The monoisotopic (exact) mass is 298 g/mol. The first-order valence-electron chi connectivity index (χ1n) is 7.90. The highest BCUT2D eigenvalue weighted by Crippen LogP contribution is 2.31. The molecule has 2 aromatic rings. The van der Waals surface area contributed by atoms with Crippen LogP contribution in [0.15, 0.2) is 48.5 Å². The second-order valence-corrected chi connectivity index (χ2v) is 5.52. The molecular formula is C19H22O3. The molecule has 116 valence electrons. The van der Waals surface area contributed by atoms with Crippen molar-refractivity contribution in [2.75, 3.05) is 13.2 Å². The number of benzene rings is 2. The van der Waals surface area contributed by atoms with Gasteiger partial charge in [-0.3, -0.25) is 0 Å². The quantitative estimate of drug-likeness (QED) is 0.690. The van der Waals surface area contributed by atoms with Crippen molar-refractivity contribution in [1.82, 2.24) is 0 Å². The third-order valence-corrected chi connectivity index (χ3v) is 3.65. The summed E-state index contributed by atoms with van der Waals surface area (Å²) in [6, 6.07) is 16.2. The molecule has 0 aliphatic carbocycles. The Balaban J connectivity index is 1.71. The van der Waals surface area contributed by atoms with Gasteiger partial charge >= 0.3 is 0 Å². The van der Waals surface area contributed by atoms with Gasteiger partial charge in [0.15, 0.2) is 0 Å². The molecule has 0 amide bonds. The van der Waals surface area contributed by atoms with Gasteiger partial charge in [-0.25, -0.2) is 0 Å². The molecule has 3 heteroatoms. The summed E-state index contributed by atoms with van der Waals surface area (Å²) in [6.07, 6.45) is 2.27. The number of hydrogen-bond donors (Lipinski definition) is 0. The molecule has 1 heterocycles. The van der Waals surface area contributed by atoms with E-state index in [0.717, 1.165) is 36.5 Å². The fourth-order valence-electron chi connectivity index (χ4n) is 2.39. The zero-order chi connectivity index (χ0) is 15.2. The Hall–Kier alpha value is -2.00. The normalized spacial score (nSPS) is 16.3. The maximum absolute atomic E-state index is 6.03. The van der Waals surface area contributed by atoms with Crippen LogP contribution in [0.3, 0.4) is 0 Å². The van der Waals surface area contributed by atoms with Gasteiger partial charge in [-0.1, -0.05) is 49.7 Å². The Morgan fingerprint density at radius 1 is 1.00 bits per heavy atom. The topological polar surface area (TPSA) is 31.0 Å². The number of epoxide rings is 1. The molecule has 1 saturated heterocycles. The fourth-order valence-corrected chi connectivity index (χ4v) is 2.39. The maximum atomic E-state index is 6.03. The van der Waals surface area contributed by atoms with E-state index in [-0.39, 0.29) is 6.10 Å². The fraction of sp³-hybridized carbons (Fsp3) is 0.368. The lowest BCUT2D eigenvalue weighted by molar-refractivity contribution is 0.256. The van der Waals surface area contributed by atoms with Crippen LogP contribution in [0.25, 0.3) is 0 Å². The van der Waals surface area contributed by atoms with Gasteiger partial charge in [-0.15, -0.1) is 0 Å². The maximum Gasteiger partial charge on any atom is 0.126 e. The van der Waals surface area contributed by atoms with Gasteiger partial charge in [-0.2, -0.15) is 0 Å². The molecule has 0 radical (unpaired) electrons. The highest BCUT2D eigenvalue weighted by Gasteiger charge is 2.23. The van der Waals surface area contributed by atoms with E-state index < -0.39 is 0 Å². The smallest absolute Gasteiger partial charge is 0.126 e. The second-order valence-electron chi connectivity index (χ2n) is 5.52. The van der Waals surface area contributed by atoms with E-state index in [4.69, 9.17) is 14.2 Å². The van der Waals surface area contributed by atoms with Gasteiger partial charge in [0.2, 0.25) is 0 Å². The van der Waals surface area contributed by atoms with Crippen molar-refractivity contribution in [3.8, 4) is 11.5 Å². The minimum absolute atomic E-state index is 0.267. The van der Waals surface area contributed by atoms with E-state index in [1.54, 1.807) is 0 Å². The number of hydrogen-bond acceptors (Lipinski definition) is 3. The van der Waals surface area contributed by atoms with Crippen LogP contribution >= 0.6 is 0 Å². The lowest BCUT2D eigenvalue weighted by Gasteiger charge is -2.15. The summed E-state index contributed by atoms with van der Waals surface area (Å²) in [7, 11) is 0. The molecule has 1 fully saturated rings. The molecule has 0 unspecified atom stereocenters. The van der Waals surface area contributed by atoms with Gasteiger partial charge in [0.05, 0.1) is 6.61 Å². The van der Waals surface area contributed by atoms with Crippen LogP contribution in [0.2, 0.25) is 0 Å². The largest absolute Gasteiger partial charge is 0.490 e. The van der Waals surface area contributed by atoms with Crippen LogP contribution in [0, 0.1) is 0 Å². The van der Waals surface area contributed by atoms with E-state index in [2.05, 4.69) is 19.1 Å². The van der Waals surface area contributed by atoms with Gasteiger partial charge in [0.1, 0.15) is 30.8 Å². The van der Waals surface area contributed by atoms with Crippen LogP contribution < -0.4 is 9.47 Å². The zero-order valence-corrected chi connectivity index (χ0v) is 13.0. The second kappa shape index (κ2) is 7.32. The molecule has 2 aromatic carbocycles. The van der Waals surface area contributed by atoms with Crippen molar-refractivity contribution >= 4 is 0 Å². The Bertz CT molecular complexity index is 591. The molecule has 0 bridgehead atoms. The standard InChI is InChI=1S/C19H22O3/c1-2-7-17-18(21-12-15-8-4-3-5-9-15)10-6-11-19(17)22-14-16-13-20-16/h3-6,8-11,16H,2,7,12-14H2,1H3/t16-/m0/s1. The van der Waals surface area contributed by atoms with Crippen LogP contribution in [0.1, 0.15) is 24.5 Å². The summed E-state index contributed by atoms with van der Waals surface area (Å²) in [5.74, 6) is 1.84. The molecule has 1 atom stereocenters. The lowest BCUT2D eigenvalue weighted by Crippen LogP contribution is -2.07. The van der Waals surface area contributed by atoms with E-state index >= 15 is 0 Å². The van der Waals surface area contributed by atoms with Crippen molar-refractivity contribution < 1.29 is 14.2 Å². The van der Waals surface area contributed by atoms with Crippen LogP contribution in [-0.2, 0) is 17.8 Å². The summed E-state index contributed by atoms with van der Waals surface area (Å²) in [4.78, 5) is 0. The average molecular weight is 298 g/mol. The molecule has 0 N–H and O–H groups in total. The molecule has 0 spiro atoms. The molecule has 1 aliphatic heterocycles. The van der Waals surface area contributed by atoms with Gasteiger partial charge < -0.3 is 14.2 Å². The molecule has 22 heavy (non-hydrogen) atoms. The van der Waals surface area contributed by atoms with E-state index in [9.17, 15) is 0 Å². The Labute approximate surface area is 131 Å². The van der Waals surface area contributed by atoms with Gasteiger partial charge in [-0.05, 0) is 24.1 Å². The average Bonchev–Trinajstić information content (AvgIpc) is 3.38. The highest BCUT2D eigenvalue weighted by atomic mass is 16.6. The SMILES string of the molecule is CCCc1c(OCc2ccccc2)cccc1OC[C@@H]1CO1. The Morgan fingerprint density at radius 2 is 1.73 bits per heavy atom. The van der Waals surface area contributed by atoms with E-state index in [0.29, 0.717) is 13.2 Å². The minimum atomic E-state index is 0.267. The molecule has 1 aliphatic rings. The predicted octanol–water partition coefficient (Wildman–Crippen LogP) is 4.00. The molecule has 0 aromatic heterocycles. The predicted molar refractivity (Wildman–Crippen MR) is 86.4 cm³/mol. The van der Waals surface area contributed by atoms with Gasteiger partial charge in [0.25, 0.3) is 0 Å². The molecule has 3 nitrogen and oxygen atoms in total. The molecule has 3 rings (SSSR count). The van der Waals surface area contributed by atoms with Crippen molar-refractivity contribution in [2.45, 2.75) is 32.5 Å². The third-order valence-electron chi connectivity index (χ3n) is 3.65. The van der Waals surface area contributed by atoms with Crippen molar-refractivity contribution in [3.05, 3.63) is 59.7 Å². The van der Waals surface area contributed by atoms with Gasteiger partial charge in [0, 0.05) is 5.56 Å². The summed E-state index contributed by atoms with van der Waals surface area (Å²) < 4.78 is 17.1. The zero-order valence-electron chi connectivity index (χ0n) is 13.0. The van der Waals surface area contributed by atoms with Crippen molar-refractivity contribution in [3.63, 3.8) is 0 Å². The van der Waals surface area contributed by atoms with Crippen molar-refractivity contribution in [1.29, 1.82) is 0 Å². The van der Waals surface area contributed by atoms with Crippen molar-refractivity contribution in [2.24, 2.45) is 0 Å². The summed E-state index contributed by atoms with van der Waals surface area (Å²) in [6.45, 7) is 4.18. The van der Waals surface area contributed by atoms with E-state index in [1.807, 2.05) is 36.4 Å². The van der Waals surface area contributed by atoms with Crippen LogP contribution in [-0.4, -0.2) is 19.3 Å². The minimum Gasteiger partial charge on any atom is -0.490 e.